The fraction of sp³-hybridized carbons (Fsp3) is 0.0667. The van der Waals surface area contributed by atoms with Gasteiger partial charge in [-0.2, -0.15) is 0 Å². The van der Waals surface area contributed by atoms with Gasteiger partial charge in [0.1, 0.15) is 11.2 Å². The number of nitrogens with one attached hydrogen (secondary N) is 1. The summed E-state index contributed by atoms with van der Waals surface area (Å²) in [5.74, 6) is 0.133. The van der Waals surface area contributed by atoms with Crippen molar-refractivity contribution >= 4 is 27.6 Å². The maximum absolute atomic E-state index is 12.4. The summed E-state index contributed by atoms with van der Waals surface area (Å²) in [7, 11) is -3.83. The molecule has 0 saturated heterocycles. The third kappa shape index (κ3) is 3.52. The fourth-order valence-corrected chi connectivity index (χ4v) is 3.60. The third-order valence-corrected chi connectivity index (χ3v) is 4.99. The van der Waals surface area contributed by atoms with Crippen molar-refractivity contribution in [3.05, 3.63) is 71.5 Å². The van der Waals surface area contributed by atoms with Gasteiger partial charge in [0.2, 0.25) is 5.95 Å². The van der Waals surface area contributed by atoms with Gasteiger partial charge in [0, 0.05) is 0 Å². The van der Waals surface area contributed by atoms with Crippen LogP contribution in [0, 0.1) is 0 Å². The lowest BCUT2D eigenvalue weighted by Gasteiger charge is -2.10. The van der Waals surface area contributed by atoms with Gasteiger partial charge in [-0.3, -0.25) is 4.57 Å². The number of hydrogen-bond acceptors (Lipinski definition) is 4. The number of aromatic nitrogens is 3. The highest BCUT2D eigenvalue weighted by Crippen LogP contribution is 2.22. The molecule has 1 N–H and O–H groups in total. The molecule has 118 valence electrons. The minimum atomic E-state index is -3.83. The van der Waals surface area contributed by atoms with Crippen LogP contribution in [0.3, 0.4) is 0 Å². The van der Waals surface area contributed by atoms with Crippen molar-refractivity contribution in [2.45, 2.75) is 11.4 Å². The highest BCUT2D eigenvalue weighted by atomic mass is 35.5. The number of nitrogens with zero attached hydrogens (tertiary/aromatic N) is 3. The van der Waals surface area contributed by atoms with Crippen LogP contribution in [-0.4, -0.2) is 23.2 Å². The number of rotatable bonds is 5. The lowest BCUT2D eigenvalue weighted by atomic mass is 10.2. The van der Waals surface area contributed by atoms with E-state index in [1.54, 1.807) is 16.7 Å². The van der Waals surface area contributed by atoms with Crippen LogP contribution in [0.15, 0.2) is 65.8 Å². The summed E-state index contributed by atoms with van der Waals surface area (Å²) in [6.07, 6.45) is 1.47. The van der Waals surface area contributed by atoms with E-state index in [1.165, 1.54) is 18.5 Å². The molecular weight excluding hydrogens is 336 g/mol. The second-order valence-corrected chi connectivity index (χ2v) is 6.86. The first kappa shape index (κ1) is 15.5. The first-order valence-corrected chi connectivity index (χ1v) is 8.61. The minimum absolute atomic E-state index is 0.00377. The molecule has 3 aromatic rings. The van der Waals surface area contributed by atoms with Crippen LogP contribution in [0.5, 0.6) is 0 Å². The van der Waals surface area contributed by atoms with Gasteiger partial charge in [-0.15, -0.1) is 10.2 Å². The average Bonchev–Trinajstić information content (AvgIpc) is 2.95. The molecule has 0 spiro atoms. The molecule has 0 amide bonds. The van der Waals surface area contributed by atoms with E-state index in [0.717, 1.165) is 5.56 Å². The number of hydrogen-bond donors (Lipinski definition) is 1. The van der Waals surface area contributed by atoms with E-state index in [0.29, 0.717) is 6.54 Å². The molecule has 0 radical (unpaired) electrons. The van der Waals surface area contributed by atoms with E-state index >= 15 is 0 Å². The fourth-order valence-electron chi connectivity index (χ4n) is 2.07. The van der Waals surface area contributed by atoms with Crippen LogP contribution in [0.2, 0.25) is 5.02 Å². The smallest absolute Gasteiger partial charge is 0.265 e. The Labute approximate surface area is 138 Å². The zero-order valence-electron chi connectivity index (χ0n) is 11.9. The Bertz CT molecular complexity index is 910. The van der Waals surface area contributed by atoms with Crippen molar-refractivity contribution in [3.63, 3.8) is 0 Å². The molecule has 0 aliphatic rings. The minimum Gasteiger partial charge on any atom is -0.295 e. The Morgan fingerprint density at radius 3 is 2.48 bits per heavy atom. The molecule has 2 aromatic carbocycles. The molecule has 1 aromatic heterocycles. The Kier molecular flexibility index (Phi) is 4.31. The summed E-state index contributed by atoms with van der Waals surface area (Å²) >= 11 is 5.96. The van der Waals surface area contributed by atoms with Crippen LogP contribution in [0.25, 0.3) is 0 Å². The zero-order valence-corrected chi connectivity index (χ0v) is 13.5. The van der Waals surface area contributed by atoms with Gasteiger partial charge in [0.15, 0.2) is 0 Å². The molecule has 6 nitrogen and oxygen atoms in total. The van der Waals surface area contributed by atoms with Gasteiger partial charge in [-0.1, -0.05) is 54.1 Å². The standard InChI is InChI=1S/C15H13ClN4O2S/c16-13-8-4-5-9-14(13)23(21,22)19-15-18-17-11-20(15)10-12-6-2-1-3-7-12/h1-9,11H,10H2,(H,18,19). The first-order valence-electron chi connectivity index (χ1n) is 6.75. The largest absolute Gasteiger partial charge is 0.295 e. The molecule has 0 aliphatic heterocycles. The van der Waals surface area contributed by atoms with E-state index in [-0.39, 0.29) is 15.9 Å². The summed E-state index contributed by atoms with van der Waals surface area (Å²) in [6, 6.07) is 15.8. The Hall–Kier alpha value is -2.38. The Morgan fingerprint density at radius 2 is 1.74 bits per heavy atom. The van der Waals surface area contributed by atoms with Gasteiger partial charge in [0.25, 0.3) is 10.0 Å². The SMILES string of the molecule is O=S(=O)(Nc1nncn1Cc1ccccc1)c1ccccc1Cl. The predicted octanol–water partition coefficient (Wildman–Crippen LogP) is 2.78. The molecular formula is C15H13ClN4O2S. The second-order valence-electron chi connectivity index (χ2n) is 4.80. The molecule has 0 unspecified atom stereocenters. The molecule has 0 aliphatic carbocycles. The van der Waals surface area contributed by atoms with E-state index in [9.17, 15) is 8.42 Å². The van der Waals surface area contributed by atoms with Crippen LogP contribution in [-0.2, 0) is 16.6 Å². The monoisotopic (exact) mass is 348 g/mol. The normalized spacial score (nSPS) is 11.3. The number of sulfonamides is 1. The van der Waals surface area contributed by atoms with Crippen molar-refractivity contribution in [1.29, 1.82) is 0 Å². The quantitative estimate of drug-likeness (QED) is 0.769. The summed E-state index contributed by atoms with van der Waals surface area (Å²) in [5, 5.41) is 7.75. The van der Waals surface area contributed by atoms with Crippen LogP contribution >= 0.6 is 11.6 Å². The van der Waals surface area contributed by atoms with Crippen molar-refractivity contribution < 1.29 is 8.42 Å². The van der Waals surface area contributed by atoms with Crippen molar-refractivity contribution in [1.82, 2.24) is 14.8 Å². The second kappa shape index (κ2) is 6.39. The molecule has 23 heavy (non-hydrogen) atoms. The number of halogens is 1. The molecule has 0 fully saturated rings. The van der Waals surface area contributed by atoms with Gasteiger partial charge in [-0.25, -0.2) is 13.1 Å². The molecule has 0 saturated carbocycles. The summed E-state index contributed by atoms with van der Waals surface area (Å²) in [5.41, 5.74) is 1.01. The number of benzene rings is 2. The summed E-state index contributed by atoms with van der Waals surface area (Å²) in [6.45, 7) is 0.453. The highest BCUT2D eigenvalue weighted by Gasteiger charge is 2.20. The summed E-state index contributed by atoms with van der Waals surface area (Å²) < 4.78 is 28.9. The molecule has 0 atom stereocenters. The number of anilines is 1. The molecule has 8 heteroatoms. The van der Waals surface area contributed by atoms with Gasteiger partial charge >= 0.3 is 0 Å². The molecule has 0 bridgehead atoms. The van der Waals surface area contributed by atoms with Gasteiger partial charge in [-0.05, 0) is 17.7 Å². The maximum atomic E-state index is 12.4. The van der Waals surface area contributed by atoms with Crippen LogP contribution in [0.1, 0.15) is 5.56 Å². The highest BCUT2D eigenvalue weighted by molar-refractivity contribution is 7.92. The van der Waals surface area contributed by atoms with Crippen molar-refractivity contribution in [3.8, 4) is 0 Å². The van der Waals surface area contributed by atoms with E-state index in [4.69, 9.17) is 11.6 Å². The average molecular weight is 349 g/mol. The van der Waals surface area contributed by atoms with E-state index in [1.807, 2.05) is 30.3 Å². The van der Waals surface area contributed by atoms with Crippen molar-refractivity contribution in [2.75, 3.05) is 4.72 Å². The van der Waals surface area contributed by atoms with Crippen LogP contribution < -0.4 is 4.72 Å². The predicted molar refractivity (Wildman–Crippen MR) is 87.8 cm³/mol. The van der Waals surface area contributed by atoms with E-state index in [2.05, 4.69) is 14.9 Å². The van der Waals surface area contributed by atoms with E-state index < -0.39 is 10.0 Å². The Balaban J connectivity index is 1.87. The summed E-state index contributed by atoms with van der Waals surface area (Å²) in [4.78, 5) is -0.00377. The zero-order chi connectivity index (χ0) is 16.3. The lowest BCUT2D eigenvalue weighted by Crippen LogP contribution is -2.17. The van der Waals surface area contributed by atoms with Crippen LogP contribution in [0.4, 0.5) is 5.95 Å². The van der Waals surface area contributed by atoms with Crippen molar-refractivity contribution in [2.24, 2.45) is 0 Å². The third-order valence-electron chi connectivity index (χ3n) is 3.16. The molecule has 3 rings (SSSR count). The topological polar surface area (TPSA) is 76.9 Å². The first-order chi connectivity index (χ1) is 11.1. The maximum Gasteiger partial charge on any atom is 0.265 e. The lowest BCUT2D eigenvalue weighted by molar-refractivity contribution is 0.600. The Morgan fingerprint density at radius 1 is 1.04 bits per heavy atom. The van der Waals surface area contributed by atoms with Gasteiger partial charge in [0.05, 0.1) is 11.6 Å². The van der Waals surface area contributed by atoms with Gasteiger partial charge < -0.3 is 0 Å². The molecule has 1 heterocycles.